The van der Waals surface area contributed by atoms with Gasteiger partial charge in [-0.25, -0.2) is 0 Å². The molecule has 0 aliphatic carbocycles. The molecule has 0 radical (unpaired) electrons. The summed E-state index contributed by atoms with van der Waals surface area (Å²) in [6.45, 7) is 2.54. The Kier molecular flexibility index (Phi) is 4.44. The highest BCUT2D eigenvalue weighted by molar-refractivity contribution is 7.17. The van der Waals surface area contributed by atoms with Gasteiger partial charge in [-0.05, 0) is 43.3 Å². The van der Waals surface area contributed by atoms with Gasteiger partial charge in [-0.1, -0.05) is 24.3 Å². The zero-order valence-electron chi connectivity index (χ0n) is 12.7. The molecule has 3 aromatic rings. The molecule has 0 fully saturated rings. The fourth-order valence-corrected chi connectivity index (χ4v) is 3.34. The molecule has 3 nitrogen and oxygen atoms in total. The number of carbonyl (C=O) groups is 1. The maximum Gasteiger partial charge on any atom is 0.203 e. The van der Waals surface area contributed by atoms with Crippen molar-refractivity contribution >= 4 is 17.1 Å². The second-order valence-electron chi connectivity index (χ2n) is 4.97. The number of phenolic OH excluding ortho intramolecular Hbond substituents is 1. The number of hydrogen-bond donors (Lipinski definition) is 1. The first-order valence-corrected chi connectivity index (χ1v) is 8.16. The van der Waals surface area contributed by atoms with Gasteiger partial charge in [0.05, 0.1) is 11.5 Å². The molecule has 0 amide bonds. The molecule has 0 unspecified atom stereocenters. The highest BCUT2D eigenvalue weighted by Gasteiger charge is 2.15. The van der Waals surface area contributed by atoms with Gasteiger partial charge in [0.2, 0.25) is 5.78 Å². The molecule has 0 aliphatic heterocycles. The van der Waals surface area contributed by atoms with Gasteiger partial charge in [0, 0.05) is 16.0 Å². The van der Waals surface area contributed by atoms with Gasteiger partial charge in [-0.2, -0.15) is 0 Å². The van der Waals surface area contributed by atoms with E-state index in [0.717, 1.165) is 16.2 Å². The fourth-order valence-electron chi connectivity index (χ4n) is 2.35. The third kappa shape index (κ3) is 3.27. The van der Waals surface area contributed by atoms with Crippen molar-refractivity contribution in [1.29, 1.82) is 0 Å². The second-order valence-corrected chi connectivity index (χ2v) is 6.06. The van der Waals surface area contributed by atoms with Gasteiger partial charge < -0.3 is 9.84 Å². The molecule has 1 aromatic heterocycles. The van der Waals surface area contributed by atoms with Gasteiger partial charge >= 0.3 is 0 Å². The molecule has 4 heteroatoms. The Hall–Kier alpha value is -2.59. The Bertz CT molecular complexity index is 836. The van der Waals surface area contributed by atoms with Gasteiger partial charge in [0.25, 0.3) is 0 Å². The summed E-state index contributed by atoms with van der Waals surface area (Å²) in [7, 11) is 0. The summed E-state index contributed by atoms with van der Waals surface area (Å²) < 4.78 is 5.65. The van der Waals surface area contributed by atoms with E-state index in [2.05, 4.69) is 0 Å². The van der Waals surface area contributed by atoms with Crippen LogP contribution >= 0.6 is 11.3 Å². The maximum absolute atomic E-state index is 12.5. The molecule has 0 saturated carbocycles. The van der Waals surface area contributed by atoms with E-state index in [1.54, 1.807) is 18.2 Å². The zero-order chi connectivity index (χ0) is 16.2. The minimum Gasteiger partial charge on any atom is -0.508 e. The Labute approximate surface area is 138 Å². The number of rotatable bonds is 5. The van der Waals surface area contributed by atoms with Crippen LogP contribution in [-0.2, 0) is 0 Å². The smallest absolute Gasteiger partial charge is 0.203 e. The number of ether oxygens (including phenoxy) is 1. The van der Waals surface area contributed by atoms with Gasteiger partial charge in [-0.3, -0.25) is 4.79 Å². The molecule has 1 heterocycles. The molecule has 1 N–H and O–H groups in total. The number of para-hydroxylation sites is 1. The van der Waals surface area contributed by atoms with Crippen molar-refractivity contribution < 1.29 is 14.6 Å². The predicted octanol–water partition coefficient (Wildman–Crippen LogP) is 4.75. The summed E-state index contributed by atoms with van der Waals surface area (Å²) in [5.74, 6) is 0.813. The number of carbonyl (C=O) groups excluding carboxylic acids is 1. The third-order valence-corrected chi connectivity index (χ3v) is 4.51. The molecule has 0 bridgehead atoms. The van der Waals surface area contributed by atoms with Crippen LogP contribution in [-0.4, -0.2) is 17.5 Å². The average Bonchev–Trinajstić information content (AvgIpc) is 3.05. The second kappa shape index (κ2) is 6.67. The average molecular weight is 324 g/mol. The number of phenols is 1. The zero-order valence-corrected chi connectivity index (χ0v) is 13.5. The number of hydrogen-bond acceptors (Lipinski definition) is 4. The van der Waals surface area contributed by atoms with Crippen LogP contribution in [0.25, 0.3) is 10.4 Å². The van der Waals surface area contributed by atoms with E-state index in [4.69, 9.17) is 4.74 Å². The van der Waals surface area contributed by atoms with Crippen molar-refractivity contribution in [2.75, 3.05) is 6.61 Å². The number of thiophene rings is 1. The van der Waals surface area contributed by atoms with Crippen LogP contribution in [0.3, 0.4) is 0 Å². The van der Waals surface area contributed by atoms with Gasteiger partial charge in [-0.15, -0.1) is 11.3 Å². The largest absolute Gasteiger partial charge is 0.508 e. The molecule has 0 spiro atoms. The molecule has 2 aromatic carbocycles. The van der Waals surface area contributed by atoms with Crippen LogP contribution in [0.2, 0.25) is 0 Å². The lowest BCUT2D eigenvalue weighted by atomic mass is 10.1. The minimum atomic E-state index is -0.0916. The lowest BCUT2D eigenvalue weighted by Crippen LogP contribution is -1.97. The molecule has 23 heavy (non-hydrogen) atoms. The maximum atomic E-state index is 12.5. The van der Waals surface area contributed by atoms with Crippen molar-refractivity contribution in [1.82, 2.24) is 0 Å². The van der Waals surface area contributed by atoms with Gasteiger partial charge in [0.15, 0.2) is 0 Å². The topological polar surface area (TPSA) is 46.5 Å². The molecular weight excluding hydrogens is 308 g/mol. The molecule has 116 valence electrons. The monoisotopic (exact) mass is 324 g/mol. The molecule has 0 aliphatic rings. The first kappa shape index (κ1) is 15.3. The van der Waals surface area contributed by atoms with Gasteiger partial charge in [0.1, 0.15) is 11.5 Å². The van der Waals surface area contributed by atoms with Crippen molar-refractivity contribution in [3.8, 4) is 21.9 Å². The normalized spacial score (nSPS) is 10.5. The van der Waals surface area contributed by atoms with Crippen molar-refractivity contribution in [2.45, 2.75) is 6.92 Å². The first-order chi connectivity index (χ1) is 11.2. The quantitative estimate of drug-likeness (QED) is 0.689. The van der Waals surface area contributed by atoms with Crippen molar-refractivity contribution in [3.63, 3.8) is 0 Å². The van der Waals surface area contributed by atoms with Crippen LogP contribution in [0.1, 0.15) is 22.2 Å². The molecule has 3 rings (SSSR count). The summed E-state index contributed by atoms with van der Waals surface area (Å²) in [5, 5.41) is 9.52. The standard InChI is InChI=1S/C19H16O3S/c1-2-22-16-9-4-3-8-15(16)17-10-11-18(23-17)19(21)13-6-5-7-14(20)12-13/h3-12,20H,2H2,1H3. The van der Waals surface area contributed by atoms with E-state index in [1.807, 2.05) is 43.3 Å². The number of aromatic hydroxyl groups is 1. The molecule has 0 saturated heterocycles. The van der Waals surface area contributed by atoms with Crippen LogP contribution in [0, 0.1) is 0 Å². The predicted molar refractivity (Wildman–Crippen MR) is 92.5 cm³/mol. The Morgan fingerprint density at radius 1 is 1.09 bits per heavy atom. The van der Waals surface area contributed by atoms with Crippen LogP contribution in [0.15, 0.2) is 60.7 Å². The Balaban J connectivity index is 1.93. The molecular formula is C19H16O3S. The summed E-state index contributed by atoms with van der Waals surface area (Å²) in [6, 6.07) is 17.9. The summed E-state index contributed by atoms with van der Waals surface area (Å²) in [6.07, 6.45) is 0. The summed E-state index contributed by atoms with van der Waals surface area (Å²) in [4.78, 5) is 14.1. The fraction of sp³-hybridized carbons (Fsp3) is 0.105. The third-order valence-electron chi connectivity index (χ3n) is 3.39. The van der Waals surface area contributed by atoms with E-state index in [-0.39, 0.29) is 11.5 Å². The van der Waals surface area contributed by atoms with Crippen LogP contribution < -0.4 is 4.74 Å². The highest BCUT2D eigenvalue weighted by atomic mass is 32.1. The first-order valence-electron chi connectivity index (χ1n) is 7.35. The van der Waals surface area contributed by atoms with E-state index >= 15 is 0 Å². The van der Waals surface area contributed by atoms with Crippen molar-refractivity contribution in [3.05, 3.63) is 71.1 Å². The van der Waals surface area contributed by atoms with E-state index in [9.17, 15) is 9.90 Å². The lowest BCUT2D eigenvalue weighted by molar-refractivity contribution is 0.104. The van der Waals surface area contributed by atoms with E-state index < -0.39 is 0 Å². The lowest BCUT2D eigenvalue weighted by Gasteiger charge is -2.07. The number of ketones is 1. The molecule has 0 atom stereocenters. The van der Waals surface area contributed by atoms with Crippen LogP contribution in [0.5, 0.6) is 11.5 Å². The summed E-state index contributed by atoms with van der Waals surface area (Å²) in [5.41, 5.74) is 1.46. The van der Waals surface area contributed by atoms with E-state index in [0.29, 0.717) is 17.0 Å². The Morgan fingerprint density at radius 3 is 2.70 bits per heavy atom. The highest BCUT2D eigenvalue weighted by Crippen LogP contribution is 2.35. The van der Waals surface area contributed by atoms with Crippen molar-refractivity contribution in [2.24, 2.45) is 0 Å². The summed E-state index contributed by atoms with van der Waals surface area (Å²) >= 11 is 1.42. The Morgan fingerprint density at radius 2 is 1.91 bits per heavy atom. The minimum absolute atomic E-state index is 0.0916. The van der Waals surface area contributed by atoms with E-state index in [1.165, 1.54) is 17.4 Å². The SMILES string of the molecule is CCOc1ccccc1-c1ccc(C(=O)c2cccc(O)c2)s1. The van der Waals surface area contributed by atoms with Crippen LogP contribution in [0.4, 0.5) is 0 Å². The number of benzene rings is 2.